The third-order valence-corrected chi connectivity index (χ3v) is 5.95. The maximum atomic E-state index is 14.8. The van der Waals surface area contributed by atoms with E-state index in [0.29, 0.717) is 31.2 Å². The Balaban J connectivity index is 1.90. The van der Waals surface area contributed by atoms with Crippen LogP contribution in [0.15, 0.2) is 43.0 Å². The molecule has 1 fully saturated rings. The zero-order valence-corrected chi connectivity index (χ0v) is 16.5. The Labute approximate surface area is 168 Å². The van der Waals surface area contributed by atoms with Crippen molar-refractivity contribution in [2.45, 2.75) is 57.3 Å². The number of hydrogen-bond donors (Lipinski definition) is 0. The molecule has 29 heavy (non-hydrogen) atoms. The molecule has 1 aliphatic carbocycles. The molecule has 5 heteroatoms. The van der Waals surface area contributed by atoms with Gasteiger partial charge in [0, 0.05) is 12.0 Å². The standard InChI is InChI=1S/C24H25F5/c1-3-5-6-15-7-12-20(24(28,29)14-15)19-11-10-18(22(26)23(19)27)17-9-8-16(4-2)21(25)13-17/h3,8-11,13,15,20H,1,4-7,12,14H2,2H3. The van der Waals surface area contributed by atoms with Crippen LogP contribution < -0.4 is 0 Å². The van der Waals surface area contributed by atoms with E-state index < -0.39 is 29.3 Å². The van der Waals surface area contributed by atoms with Gasteiger partial charge >= 0.3 is 0 Å². The summed E-state index contributed by atoms with van der Waals surface area (Å²) in [6, 6.07) is 6.68. The molecule has 3 rings (SSSR count). The molecule has 0 bridgehead atoms. The summed E-state index contributed by atoms with van der Waals surface area (Å²) in [5.74, 6) is -7.59. The van der Waals surface area contributed by atoms with Gasteiger partial charge in [-0.1, -0.05) is 37.3 Å². The number of aryl methyl sites for hydroxylation is 1. The van der Waals surface area contributed by atoms with Crippen molar-refractivity contribution >= 4 is 0 Å². The number of halogens is 5. The fourth-order valence-corrected chi connectivity index (χ4v) is 4.28. The van der Waals surface area contributed by atoms with Gasteiger partial charge in [0.2, 0.25) is 0 Å². The maximum absolute atomic E-state index is 14.8. The third-order valence-electron chi connectivity index (χ3n) is 5.95. The van der Waals surface area contributed by atoms with E-state index in [-0.39, 0.29) is 35.4 Å². The molecule has 2 unspecified atom stereocenters. The van der Waals surface area contributed by atoms with Crippen LogP contribution in [0.3, 0.4) is 0 Å². The number of allylic oxidation sites excluding steroid dienone is 1. The van der Waals surface area contributed by atoms with Gasteiger partial charge in [-0.25, -0.2) is 22.0 Å². The number of alkyl halides is 2. The summed E-state index contributed by atoms with van der Waals surface area (Å²) in [5.41, 5.74) is 0.224. The highest BCUT2D eigenvalue weighted by Crippen LogP contribution is 2.49. The lowest BCUT2D eigenvalue weighted by molar-refractivity contribution is -0.0743. The van der Waals surface area contributed by atoms with Crippen molar-refractivity contribution in [2.24, 2.45) is 5.92 Å². The molecule has 0 N–H and O–H groups in total. The van der Waals surface area contributed by atoms with Crippen LogP contribution >= 0.6 is 0 Å². The molecular weight excluding hydrogens is 383 g/mol. The molecular formula is C24H25F5. The van der Waals surface area contributed by atoms with E-state index >= 15 is 0 Å². The van der Waals surface area contributed by atoms with Crippen molar-refractivity contribution in [1.29, 1.82) is 0 Å². The monoisotopic (exact) mass is 408 g/mol. The maximum Gasteiger partial charge on any atom is 0.255 e. The van der Waals surface area contributed by atoms with Crippen LogP contribution in [0.2, 0.25) is 0 Å². The zero-order valence-electron chi connectivity index (χ0n) is 16.5. The lowest BCUT2D eigenvalue weighted by atomic mass is 9.74. The molecule has 2 aromatic carbocycles. The summed E-state index contributed by atoms with van der Waals surface area (Å²) in [6.45, 7) is 5.40. The quantitative estimate of drug-likeness (QED) is 0.338. The van der Waals surface area contributed by atoms with Crippen molar-refractivity contribution in [3.63, 3.8) is 0 Å². The number of rotatable bonds is 6. The molecule has 0 radical (unpaired) electrons. The second kappa shape index (κ2) is 8.68. The van der Waals surface area contributed by atoms with E-state index in [1.54, 1.807) is 13.0 Å². The number of hydrogen-bond acceptors (Lipinski definition) is 0. The molecule has 0 aromatic heterocycles. The molecule has 2 aromatic rings. The summed E-state index contributed by atoms with van der Waals surface area (Å²) in [4.78, 5) is 0. The molecule has 1 aliphatic rings. The minimum atomic E-state index is -3.10. The molecule has 156 valence electrons. The minimum absolute atomic E-state index is 0.102. The Morgan fingerprint density at radius 3 is 2.45 bits per heavy atom. The Bertz CT molecular complexity index is 887. The van der Waals surface area contributed by atoms with Gasteiger partial charge in [-0.05, 0) is 60.8 Å². The molecule has 0 amide bonds. The summed E-state index contributed by atoms with van der Waals surface area (Å²) in [5, 5.41) is 0. The first-order valence-electron chi connectivity index (χ1n) is 10.0. The van der Waals surface area contributed by atoms with Crippen LogP contribution in [0.5, 0.6) is 0 Å². The molecule has 0 aliphatic heterocycles. The van der Waals surface area contributed by atoms with Crippen LogP contribution in [-0.4, -0.2) is 5.92 Å². The highest BCUT2D eigenvalue weighted by Gasteiger charge is 2.46. The molecule has 0 heterocycles. The zero-order chi connectivity index (χ0) is 21.2. The SMILES string of the molecule is C=CCCC1CCC(c2ccc(-c3ccc(CC)c(F)c3)c(F)c2F)C(F)(F)C1. The Morgan fingerprint density at radius 2 is 1.83 bits per heavy atom. The van der Waals surface area contributed by atoms with Crippen molar-refractivity contribution in [2.75, 3.05) is 0 Å². The highest BCUT2D eigenvalue weighted by atomic mass is 19.3. The fraction of sp³-hybridized carbons (Fsp3) is 0.417. The van der Waals surface area contributed by atoms with Crippen LogP contribution in [0, 0.1) is 23.4 Å². The predicted molar refractivity (Wildman–Crippen MR) is 106 cm³/mol. The van der Waals surface area contributed by atoms with Crippen molar-refractivity contribution in [3.8, 4) is 11.1 Å². The van der Waals surface area contributed by atoms with E-state index in [9.17, 15) is 22.0 Å². The fourth-order valence-electron chi connectivity index (χ4n) is 4.28. The van der Waals surface area contributed by atoms with Crippen LogP contribution in [0.1, 0.15) is 56.1 Å². The average molecular weight is 408 g/mol. The van der Waals surface area contributed by atoms with E-state index in [4.69, 9.17) is 0 Å². The van der Waals surface area contributed by atoms with Gasteiger partial charge in [-0.15, -0.1) is 6.58 Å². The third kappa shape index (κ3) is 4.39. The average Bonchev–Trinajstić information content (AvgIpc) is 2.68. The predicted octanol–water partition coefficient (Wildman–Crippen LogP) is 7.82. The van der Waals surface area contributed by atoms with E-state index in [1.165, 1.54) is 24.3 Å². The van der Waals surface area contributed by atoms with Gasteiger partial charge in [0.1, 0.15) is 5.82 Å². The van der Waals surface area contributed by atoms with Gasteiger partial charge in [0.05, 0.1) is 5.92 Å². The molecule has 0 saturated heterocycles. The van der Waals surface area contributed by atoms with Crippen LogP contribution in [0.4, 0.5) is 22.0 Å². The number of benzene rings is 2. The molecule has 0 spiro atoms. The first-order chi connectivity index (χ1) is 13.8. The van der Waals surface area contributed by atoms with E-state index in [2.05, 4.69) is 6.58 Å². The summed E-state index contributed by atoms with van der Waals surface area (Å²) in [7, 11) is 0. The van der Waals surface area contributed by atoms with Gasteiger partial charge in [-0.2, -0.15) is 0 Å². The second-order valence-electron chi connectivity index (χ2n) is 7.82. The van der Waals surface area contributed by atoms with Crippen molar-refractivity contribution in [3.05, 3.63) is 71.6 Å². The Hall–Kier alpha value is -2.17. The summed E-state index contributed by atoms with van der Waals surface area (Å²) >= 11 is 0. The minimum Gasteiger partial charge on any atom is -0.207 e. The first kappa shape index (κ1) is 21.5. The van der Waals surface area contributed by atoms with E-state index in [1.807, 2.05) is 0 Å². The van der Waals surface area contributed by atoms with Crippen LogP contribution in [-0.2, 0) is 6.42 Å². The topological polar surface area (TPSA) is 0 Å². The lowest BCUT2D eigenvalue weighted by Gasteiger charge is -2.36. The summed E-state index contributed by atoms with van der Waals surface area (Å²) in [6.07, 6.45) is 3.78. The Kier molecular flexibility index (Phi) is 6.45. The van der Waals surface area contributed by atoms with Gasteiger partial charge in [0.25, 0.3) is 5.92 Å². The largest absolute Gasteiger partial charge is 0.255 e. The normalized spacial score (nSPS) is 21.2. The van der Waals surface area contributed by atoms with Gasteiger partial charge in [-0.3, -0.25) is 0 Å². The second-order valence-corrected chi connectivity index (χ2v) is 7.82. The van der Waals surface area contributed by atoms with Gasteiger partial charge < -0.3 is 0 Å². The van der Waals surface area contributed by atoms with Crippen molar-refractivity contribution < 1.29 is 22.0 Å². The molecule has 1 saturated carbocycles. The molecule has 2 atom stereocenters. The highest BCUT2D eigenvalue weighted by molar-refractivity contribution is 5.65. The summed E-state index contributed by atoms with van der Waals surface area (Å²) < 4.78 is 73.1. The van der Waals surface area contributed by atoms with Crippen LogP contribution in [0.25, 0.3) is 11.1 Å². The lowest BCUT2D eigenvalue weighted by Crippen LogP contribution is -2.34. The first-order valence-corrected chi connectivity index (χ1v) is 10.0. The Morgan fingerprint density at radius 1 is 1.07 bits per heavy atom. The van der Waals surface area contributed by atoms with E-state index in [0.717, 1.165) is 6.07 Å². The molecule has 0 nitrogen and oxygen atoms in total. The van der Waals surface area contributed by atoms with Gasteiger partial charge in [0.15, 0.2) is 11.6 Å². The smallest absolute Gasteiger partial charge is 0.207 e. The van der Waals surface area contributed by atoms with Crippen molar-refractivity contribution in [1.82, 2.24) is 0 Å².